The van der Waals surface area contributed by atoms with Crippen molar-refractivity contribution in [1.82, 2.24) is 30.7 Å². The maximum atomic E-state index is 14.9. The number of thiazole rings is 1. The van der Waals surface area contributed by atoms with Crippen LogP contribution in [-0.2, 0) is 25.6 Å². The molecule has 4 amide bonds. The molecule has 3 rings (SSSR count). The van der Waals surface area contributed by atoms with E-state index in [1.54, 1.807) is 31.4 Å². The zero-order valence-electron chi connectivity index (χ0n) is 36.4. The number of carboxylic acid groups (broad SMARTS) is 1. The minimum absolute atomic E-state index is 0.0152. The first-order valence-corrected chi connectivity index (χ1v) is 22.2. The smallest absolute Gasteiger partial charge is 0.309 e. The molecule has 6 atom stereocenters. The van der Waals surface area contributed by atoms with Crippen LogP contribution in [0, 0.1) is 17.3 Å². The molecule has 0 aliphatic carbocycles. The highest BCUT2D eigenvalue weighted by Gasteiger charge is 2.38. The highest BCUT2D eigenvalue weighted by Crippen LogP contribution is 2.30. The third-order valence-corrected chi connectivity index (χ3v) is 12.6. The molecule has 2 aromatic rings. The van der Waals surface area contributed by atoms with Gasteiger partial charge in [0.05, 0.1) is 17.5 Å². The Kier molecular flexibility index (Phi) is 19.1. The number of nitrogens with zero attached hydrogens (tertiary/aromatic N) is 3. The Morgan fingerprint density at radius 1 is 1.02 bits per heavy atom. The van der Waals surface area contributed by atoms with Gasteiger partial charge in [0, 0.05) is 36.6 Å². The van der Waals surface area contributed by atoms with Gasteiger partial charge in [0.25, 0.3) is 5.91 Å². The number of unbranched alkanes of at least 4 members (excludes halogenated alkanes) is 3. The number of carboxylic acids is 1. The molecule has 0 radical (unpaired) electrons. The summed E-state index contributed by atoms with van der Waals surface area (Å²) < 4.78 is 0. The minimum atomic E-state index is -1.11. The van der Waals surface area contributed by atoms with Crippen molar-refractivity contribution in [2.75, 3.05) is 25.9 Å². The van der Waals surface area contributed by atoms with Crippen molar-refractivity contribution in [3.63, 3.8) is 0 Å². The molecule has 1 aliphatic heterocycles. The SMILES string of the molecule is CCCCCCN(C(=O)[C@@H](NC(=O)C1CCCCN1C)[C@@H](C)CC)[C@H](C[C@@H](NC(C)=O)c1nc(C(=O)N[C@@H](Cc2ccc(N)cc2)CC(C)(C)C(=O)O)cs1)C(C)C. The number of hydrogen-bond donors (Lipinski definition) is 5. The first-order chi connectivity index (χ1) is 27.4. The minimum Gasteiger partial charge on any atom is -0.481 e. The van der Waals surface area contributed by atoms with Crippen molar-refractivity contribution in [2.24, 2.45) is 17.3 Å². The summed E-state index contributed by atoms with van der Waals surface area (Å²) in [6.45, 7) is 16.4. The maximum absolute atomic E-state index is 14.9. The van der Waals surface area contributed by atoms with Crippen LogP contribution < -0.4 is 21.7 Å². The van der Waals surface area contributed by atoms with E-state index >= 15 is 0 Å². The van der Waals surface area contributed by atoms with Crippen LogP contribution in [0.15, 0.2) is 29.6 Å². The van der Waals surface area contributed by atoms with Crippen LogP contribution in [0.1, 0.15) is 147 Å². The number of likely N-dealkylation sites (N-methyl/N-ethyl adjacent to an activating group) is 1. The van der Waals surface area contributed by atoms with Gasteiger partial charge >= 0.3 is 5.97 Å². The van der Waals surface area contributed by atoms with Gasteiger partial charge in [-0.3, -0.25) is 28.9 Å². The van der Waals surface area contributed by atoms with Gasteiger partial charge in [-0.2, -0.15) is 0 Å². The Bertz CT molecular complexity index is 1650. The number of anilines is 1. The van der Waals surface area contributed by atoms with Gasteiger partial charge in [-0.1, -0.05) is 78.9 Å². The lowest BCUT2D eigenvalue weighted by molar-refractivity contribution is -0.147. The fraction of sp³-hybridized carbons (Fsp3) is 0.682. The fourth-order valence-electron chi connectivity index (χ4n) is 7.76. The molecular weight excluding hydrogens is 755 g/mol. The van der Waals surface area contributed by atoms with E-state index in [1.807, 2.05) is 37.9 Å². The van der Waals surface area contributed by atoms with E-state index in [-0.39, 0.29) is 53.8 Å². The molecule has 1 aromatic carbocycles. The van der Waals surface area contributed by atoms with Crippen LogP contribution in [-0.4, -0.2) is 93.8 Å². The Hall–Kier alpha value is -4.04. The molecule has 6 N–H and O–H groups in total. The van der Waals surface area contributed by atoms with Crippen LogP contribution in [0.4, 0.5) is 5.69 Å². The number of nitrogen functional groups attached to an aromatic ring is 1. The Labute approximate surface area is 350 Å². The predicted octanol–water partition coefficient (Wildman–Crippen LogP) is 6.58. The summed E-state index contributed by atoms with van der Waals surface area (Å²) in [5, 5.41) is 21.3. The lowest BCUT2D eigenvalue weighted by Gasteiger charge is -2.40. The van der Waals surface area contributed by atoms with Crippen molar-refractivity contribution in [1.29, 1.82) is 0 Å². The first kappa shape index (κ1) is 48.3. The molecule has 1 saturated heterocycles. The molecule has 0 saturated carbocycles. The third-order valence-electron chi connectivity index (χ3n) is 11.6. The monoisotopic (exact) mass is 826 g/mol. The van der Waals surface area contributed by atoms with E-state index in [2.05, 4.69) is 41.6 Å². The van der Waals surface area contributed by atoms with Crippen molar-refractivity contribution in [2.45, 2.75) is 156 Å². The standard InChI is InChI=1S/C44H71N7O6S/c1-10-12-13-15-23-51(42(55)38(29(5)11-2)49-40(54)36-17-14-16-22-50(36)9)37(28(3)4)25-34(46-30(6)52)41-48-35(27-58-41)39(53)47-33(26-44(7,8)43(56)57)24-31-18-20-32(45)21-19-31/h18-21,27-29,33-34,36-38H,10-17,22-26,45H2,1-9H3,(H,46,52)(H,47,53)(H,49,54)(H,56,57)/t29-,33-,34+,36?,37+,38-/m0/s1. The fourth-order valence-corrected chi connectivity index (χ4v) is 8.62. The highest BCUT2D eigenvalue weighted by atomic mass is 32.1. The van der Waals surface area contributed by atoms with Crippen molar-refractivity contribution < 1.29 is 29.1 Å². The molecule has 1 aliphatic rings. The number of aromatic nitrogens is 1. The second-order valence-corrected chi connectivity index (χ2v) is 18.2. The second-order valence-electron chi connectivity index (χ2n) is 17.3. The number of nitrogens with one attached hydrogen (secondary N) is 3. The van der Waals surface area contributed by atoms with E-state index < -0.39 is 35.4 Å². The molecule has 1 aromatic heterocycles. The number of hydrogen-bond acceptors (Lipinski definition) is 9. The van der Waals surface area contributed by atoms with Crippen LogP contribution in [0.5, 0.6) is 0 Å². The Balaban J connectivity index is 1.94. The lowest BCUT2D eigenvalue weighted by atomic mass is 9.84. The molecule has 58 heavy (non-hydrogen) atoms. The summed E-state index contributed by atoms with van der Waals surface area (Å²) in [6.07, 6.45) is 8.26. The summed E-state index contributed by atoms with van der Waals surface area (Å²) in [5.41, 5.74) is 6.44. The van der Waals surface area contributed by atoms with Crippen molar-refractivity contribution in [3.8, 4) is 0 Å². The molecule has 1 fully saturated rings. The van der Waals surface area contributed by atoms with E-state index in [1.165, 1.54) is 18.3 Å². The lowest BCUT2D eigenvalue weighted by Crippen LogP contribution is -2.59. The molecule has 0 spiro atoms. The third kappa shape index (κ3) is 14.4. The van der Waals surface area contributed by atoms with E-state index in [0.717, 1.165) is 57.1 Å². The predicted molar refractivity (Wildman–Crippen MR) is 231 cm³/mol. The van der Waals surface area contributed by atoms with E-state index in [4.69, 9.17) is 10.7 Å². The molecule has 2 heterocycles. The Morgan fingerprint density at radius 3 is 2.29 bits per heavy atom. The number of amides is 4. The van der Waals surface area contributed by atoms with E-state index in [9.17, 15) is 29.1 Å². The van der Waals surface area contributed by atoms with Crippen molar-refractivity contribution in [3.05, 3.63) is 45.9 Å². The number of rotatable bonds is 23. The average molecular weight is 826 g/mol. The summed E-state index contributed by atoms with van der Waals surface area (Å²) in [4.78, 5) is 76.0. The summed E-state index contributed by atoms with van der Waals surface area (Å²) in [5.74, 6) is -2.03. The first-order valence-electron chi connectivity index (χ1n) is 21.3. The number of nitrogens with two attached hydrogens (primary N) is 1. The Morgan fingerprint density at radius 2 is 1.71 bits per heavy atom. The molecule has 0 bridgehead atoms. The van der Waals surface area contributed by atoms with Gasteiger partial charge in [0.15, 0.2) is 0 Å². The van der Waals surface area contributed by atoms with E-state index in [0.29, 0.717) is 36.5 Å². The molecule has 14 heteroatoms. The van der Waals surface area contributed by atoms with Crippen molar-refractivity contribution >= 4 is 46.6 Å². The molecule has 324 valence electrons. The van der Waals surface area contributed by atoms with Gasteiger partial charge in [0.1, 0.15) is 16.7 Å². The van der Waals surface area contributed by atoms with Crippen LogP contribution in [0.3, 0.4) is 0 Å². The van der Waals surface area contributed by atoms with Crippen LogP contribution in [0.2, 0.25) is 0 Å². The molecule has 13 nitrogen and oxygen atoms in total. The highest BCUT2D eigenvalue weighted by molar-refractivity contribution is 7.09. The number of aliphatic carboxylic acids is 1. The van der Waals surface area contributed by atoms with Gasteiger partial charge in [0.2, 0.25) is 17.7 Å². The summed E-state index contributed by atoms with van der Waals surface area (Å²) >= 11 is 1.26. The molecular formula is C44H71N7O6S. The van der Waals surface area contributed by atoms with Gasteiger partial charge in [-0.05, 0) is 95.5 Å². The normalized spacial score (nSPS) is 17.4. The zero-order chi connectivity index (χ0) is 43.2. The number of benzene rings is 1. The zero-order valence-corrected chi connectivity index (χ0v) is 37.3. The largest absolute Gasteiger partial charge is 0.481 e. The second kappa shape index (κ2) is 22.9. The molecule has 1 unspecified atom stereocenters. The number of carbonyl (C=O) groups is 5. The number of piperidine rings is 1. The number of likely N-dealkylation sites (tertiary alicyclic amines) is 1. The number of carbonyl (C=O) groups excluding carboxylic acids is 4. The van der Waals surface area contributed by atoms with Crippen LogP contribution in [0.25, 0.3) is 0 Å². The van der Waals surface area contributed by atoms with Gasteiger partial charge < -0.3 is 31.7 Å². The van der Waals surface area contributed by atoms with Gasteiger partial charge in [-0.25, -0.2) is 4.98 Å². The topological polar surface area (TPSA) is 187 Å². The van der Waals surface area contributed by atoms with Gasteiger partial charge in [-0.15, -0.1) is 11.3 Å². The van der Waals surface area contributed by atoms with Crippen LogP contribution >= 0.6 is 11.3 Å². The average Bonchev–Trinajstić information content (AvgIpc) is 3.67. The quantitative estimate of drug-likeness (QED) is 0.0609. The summed E-state index contributed by atoms with van der Waals surface area (Å²) in [7, 11) is 1.97. The summed E-state index contributed by atoms with van der Waals surface area (Å²) in [6, 6.07) is 4.83. The maximum Gasteiger partial charge on any atom is 0.309 e.